The lowest BCUT2D eigenvalue weighted by Crippen LogP contribution is -2.27. The number of nitro benzene ring substituents is 1. The number of anilines is 1. The van der Waals surface area contributed by atoms with Crippen molar-refractivity contribution in [2.24, 2.45) is 5.92 Å². The average molecular weight is 306 g/mol. The van der Waals surface area contributed by atoms with Gasteiger partial charge in [-0.3, -0.25) is 10.1 Å². The molecule has 21 heavy (non-hydrogen) atoms. The smallest absolute Gasteiger partial charge is 0.396 e. The van der Waals surface area contributed by atoms with Crippen LogP contribution in [0.2, 0.25) is 0 Å². The summed E-state index contributed by atoms with van der Waals surface area (Å²) in [6.07, 6.45) is -4.43. The quantitative estimate of drug-likeness (QED) is 0.623. The maximum Gasteiger partial charge on any atom is 0.423 e. The predicted molar refractivity (Wildman–Crippen MR) is 72.0 cm³/mol. The fraction of sp³-hybridized carbons (Fsp3) is 0.538. The number of rotatable bonds is 6. The molecule has 0 fully saturated rings. The van der Waals surface area contributed by atoms with Gasteiger partial charge in [0.25, 0.3) is 5.69 Å². The van der Waals surface area contributed by atoms with Gasteiger partial charge < -0.3 is 10.4 Å². The molecule has 0 aliphatic heterocycles. The highest BCUT2D eigenvalue weighted by molar-refractivity contribution is 5.55. The van der Waals surface area contributed by atoms with Gasteiger partial charge in [-0.2, -0.15) is 13.2 Å². The number of benzene rings is 1. The zero-order chi connectivity index (χ0) is 16.2. The molecule has 0 bridgehead atoms. The topological polar surface area (TPSA) is 75.4 Å². The summed E-state index contributed by atoms with van der Waals surface area (Å²) in [5, 5.41) is 22.5. The third-order valence-electron chi connectivity index (χ3n) is 3.10. The Balaban J connectivity index is 3.13. The monoisotopic (exact) mass is 306 g/mol. The summed E-state index contributed by atoms with van der Waals surface area (Å²) in [6.45, 7) is 3.63. The number of aliphatic hydroxyl groups excluding tert-OH is 1. The number of halogens is 3. The Hall–Kier alpha value is -1.83. The van der Waals surface area contributed by atoms with Crippen molar-refractivity contribution in [2.45, 2.75) is 32.5 Å². The molecule has 1 aromatic rings. The number of hydrogen-bond donors (Lipinski definition) is 2. The van der Waals surface area contributed by atoms with Crippen LogP contribution in [0, 0.1) is 16.0 Å². The summed E-state index contributed by atoms with van der Waals surface area (Å²) in [7, 11) is 0. The van der Waals surface area contributed by atoms with E-state index in [1.54, 1.807) is 0 Å². The van der Waals surface area contributed by atoms with Crippen molar-refractivity contribution >= 4 is 11.4 Å². The van der Waals surface area contributed by atoms with Gasteiger partial charge >= 0.3 is 6.18 Å². The molecule has 118 valence electrons. The van der Waals surface area contributed by atoms with Crippen LogP contribution in [0.3, 0.4) is 0 Å². The van der Waals surface area contributed by atoms with Gasteiger partial charge in [0, 0.05) is 24.4 Å². The Morgan fingerprint density at radius 3 is 2.43 bits per heavy atom. The first-order valence-electron chi connectivity index (χ1n) is 6.39. The molecule has 0 aromatic heterocycles. The first-order chi connectivity index (χ1) is 9.66. The Labute approximate surface area is 119 Å². The molecule has 1 rings (SSSR count). The van der Waals surface area contributed by atoms with Crippen molar-refractivity contribution in [3.63, 3.8) is 0 Å². The minimum Gasteiger partial charge on any atom is -0.396 e. The minimum absolute atomic E-state index is 0.0849. The highest BCUT2D eigenvalue weighted by Gasteiger charge is 2.38. The summed E-state index contributed by atoms with van der Waals surface area (Å²) >= 11 is 0. The van der Waals surface area contributed by atoms with Crippen molar-refractivity contribution in [1.82, 2.24) is 0 Å². The highest BCUT2D eigenvalue weighted by Crippen LogP contribution is 2.37. The van der Waals surface area contributed by atoms with Gasteiger partial charge in [0.15, 0.2) is 0 Å². The third kappa shape index (κ3) is 4.59. The molecule has 0 saturated heterocycles. The van der Waals surface area contributed by atoms with Crippen molar-refractivity contribution in [3.8, 4) is 0 Å². The molecule has 5 nitrogen and oxygen atoms in total. The zero-order valence-electron chi connectivity index (χ0n) is 11.6. The molecule has 0 aliphatic rings. The normalized spacial score (nSPS) is 13.3. The van der Waals surface area contributed by atoms with Crippen LogP contribution in [0.5, 0.6) is 0 Å². The Kier molecular flexibility index (Phi) is 5.54. The second-order valence-electron chi connectivity index (χ2n) is 4.99. The second kappa shape index (κ2) is 6.75. The first-order valence-corrected chi connectivity index (χ1v) is 6.39. The first kappa shape index (κ1) is 17.2. The standard InChI is InChI=1S/C13H17F3N2O3/c1-8(2)11(5-6-19)17-9-3-4-12(18(20)21)10(7-9)13(14,15)16/h3-4,7-8,11,17,19H,5-6H2,1-2H3. The van der Waals surface area contributed by atoms with E-state index in [0.717, 1.165) is 12.1 Å². The van der Waals surface area contributed by atoms with E-state index in [1.165, 1.54) is 6.07 Å². The molecule has 1 unspecified atom stereocenters. The van der Waals surface area contributed by atoms with Crippen LogP contribution in [0.1, 0.15) is 25.8 Å². The molecule has 0 spiro atoms. The molecular weight excluding hydrogens is 289 g/mol. The zero-order valence-corrected chi connectivity index (χ0v) is 11.6. The van der Waals surface area contributed by atoms with E-state index < -0.39 is 22.4 Å². The summed E-state index contributed by atoms with van der Waals surface area (Å²) in [5.74, 6) is 0.0849. The van der Waals surface area contributed by atoms with E-state index in [0.29, 0.717) is 6.42 Å². The van der Waals surface area contributed by atoms with Crippen LogP contribution < -0.4 is 5.32 Å². The van der Waals surface area contributed by atoms with E-state index >= 15 is 0 Å². The fourth-order valence-corrected chi connectivity index (χ4v) is 1.94. The maximum absolute atomic E-state index is 12.9. The average Bonchev–Trinajstić information content (AvgIpc) is 2.36. The summed E-state index contributed by atoms with van der Waals surface area (Å²) in [5.41, 5.74) is -2.12. The van der Waals surface area contributed by atoms with Crippen LogP contribution in [-0.4, -0.2) is 22.7 Å². The van der Waals surface area contributed by atoms with Gasteiger partial charge in [0.2, 0.25) is 0 Å². The van der Waals surface area contributed by atoms with E-state index in [-0.39, 0.29) is 24.3 Å². The van der Waals surface area contributed by atoms with Crippen LogP contribution in [0.25, 0.3) is 0 Å². The third-order valence-corrected chi connectivity index (χ3v) is 3.10. The molecule has 0 amide bonds. The lowest BCUT2D eigenvalue weighted by Gasteiger charge is -2.23. The van der Waals surface area contributed by atoms with Crippen LogP contribution >= 0.6 is 0 Å². The maximum atomic E-state index is 12.9. The number of nitrogens with zero attached hydrogens (tertiary/aromatic N) is 1. The lowest BCUT2D eigenvalue weighted by molar-refractivity contribution is -0.388. The Morgan fingerprint density at radius 1 is 1.38 bits per heavy atom. The lowest BCUT2D eigenvalue weighted by atomic mass is 10.0. The van der Waals surface area contributed by atoms with Gasteiger partial charge in [-0.05, 0) is 24.5 Å². The van der Waals surface area contributed by atoms with Gasteiger partial charge in [-0.1, -0.05) is 13.8 Å². The van der Waals surface area contributed by atoms with E-state index in [9.17, 15) is 23.3 Å². The van der Waals surface area contributed by atoms with Crippen LogP contribution in [0.4, 0.5) is 24.5 Å². The van der Waals surface area contributed by atoms with Crippen molar-refractivity contribution in [2.75, 3.05) is 11.9 Å². The van der Waals surface area contributed by atoms with E-state index in [4.69, 9.17) is 5.11 Å². The fourth-order valence-electron chi connectivity index (χ4n) is 1.94. The van der Waals surface area contributed by atoms with Gasteiger partial charge in [0.05, 0.1) is 4.92 Å². The molecule has 2 N–H and O–H groups in total. The SMILES string of the molecule is CC(C)C(CCO)Nc1ccc([N+](=O)[O-])c(C(F)(F)F)c1. The number of alkyl halides is 3. The Bertz CT molecular complexity index is 504. The number of aliphatic hydroxyl groups is 1. The molecule has 1 atom stereocenters. The Morgan fingerprint density at radius 2 is 2.00 bits per heavy atom. The molecular formula is C13H17F3N2O3. The predicted octanol–water partition coefficient (Wildman–Crippen LogP) is 3.43. The minimum atomic E-state index is -4.80. The highest BCUT2D eigenvalue weighted by atomic mass is 19.4. The molecule has 8 heteroatoms. The van der Waals surface area contributed by atoms with E-state index in [2.05, 4.69) is 5.32 Å². The van der Waals surface area contributed by atoms with Crippen molar-refractivity contribution in [3.05, 3.63) is 33.9 Å². The van der Waals surface area contributed by atoms with Crippen molar-refractivity contribution < 1.29 is 23.2 Å². The number of nitro groups is 1. The summed E-state index contributed by atoms with van der Waals surface area (Å²) in [4.78, 5) is 9.61. The molecule has 1 aromatic carbocycles. The molecule has 0 saturated carbocycles. The van der Waals surface area contributed by atoms with Gasteiger partial charge in [-0.15, -0.1) is 0 Å². The summed E-state index contributed by atoms with van der Waals surface area (Å²) < 4.78 is 38.6. The second-order valence-corrected chi connectivity index (χ2v) is 4.99. The molecule has 0 heterocycles. The van der Waals surface area contributed by atoms with Crippen LogP contribution in [0.15, 0.2) is 18.2 Å². The molecule has 0 radical (unpaired) electrons. The van der Waals surface area contributed by atoms with Crippen molar-refractivity contribution in [1.29, 1.82) is 0 Å². The number of nitrogens with one attached hydrogen (secondary N) is 1. The summed E-state index contributed by atoms with van der Waals surface area (Å²) in [6, 6.07) is 2.57. The van der Waals surface area contributed by atoms with Gasteiger partial charge in [-0.25, -0.2) is 0 Å². The number of hydrogen-bond acceptors (Lipinski definition) is 4. The van der Waals surface area contributed by atoms with Crippen LogP contribution in [-0.2, 0) is 6.18 Å². The largest absolute Gasteiger partial charge is 0.423 e. The molecule has 0 aliphatic carbocycles. The van der Waals surface area contributed by atoms with Gasteiger partial charge in [0.1, 0.15) is 5.56 Å². The van der Waals surface area contributed by atoms with E-state index in [1.807, 2.05) is 13.8 Å².